The summed E-state index contributed by atoms with van der Waals surface area (Å²) in [5.41, 5.74) is 2.11. The van der Waals surface area contributed by atoms with Crippen LogP contribution in [-0.4, -0.2) is 25.0 Å². The van der Waals surface area contributed by atoms with E-state index in [9.17, 15) is 9.59 Å². The summed E-state index contributed by atoms with van der Waals surface area (Å²) in [7, 11) is 0. The highest BCUT2D eigenvalue weighted by Crippen LogP contribution is 2.33. The minimum absolute atomic E-state index is 0.0111. The molecule has 1 aliphatic heterocycles. The van der Waals surface area contributed by atoms with Gasteiger partial charge >= 0.3 is 0 Å². The second-order valence-electron chi connectivity index (χ2n) is 5.75. The monoisotopic (exact) mass is 325 g/mol. The van der Waals surface area contributed by atoms with Crippen LogP contribution in [-0.2, 0) is 9.53 Å². The summed E-state index contributed by atoms with van der Waals surface area (Å²) >= 11 is 0. The molecule has 1 aromatic carbocycles. The Balaban J connectivity index is 2.08. The predicted molar refractivity (Wildman–Crippen MR) is 89.8 cm³/mol. The van der Waals surface area contributed by atoms with Crippen LogP contribution in [0.3, 0.4) is 0 Å². The second-order valence-corrected chi connectivity index (χ2v) is 5.75. The summed E-state index contributed by atoms with van der Waals surface area (Å²) in [4.78, 5) is 23.4. The maximum absolute atomic E-state index is 11.7. The highest BCUT2D eigenvalue weighted by molar-refractivity contribution is 5.96. The summed E-state index contributed by atoms with van der Waals surface area (Å²) in [6.07, 6.45) is 7.42. The Bertz CT molecular complexity index is 774. The van der Waals surface area contributed by atoms with Crippen LogP contribution in [0.25, 0.3) is 0 Å². The maximum atomic E-state index is 11.7. The molecule has 0 saturated carbocycles. The minimum atomic E-state index is -0.109. The lowest BCUT2D eigenvalue weighted by atomic mass is 9.95. The molecule has 2 aliphatic rings. The molecule has 0 saturated heterocycles. The molecule has 24 heavy (non-hydrogen) atoms. The molecule has 3 rings (SSSR count). The SMILES string of the molecule is CC(=O)C1=CC2=CC(C=C1)c1ccc(C(C)=O)cc1OCNCO2. The van der Waals surface area contributed by atoms with Crippen LogP contribution >= 0.6 is 0 Å². The van der Waals surface area contributed by atoms with E-state index >= 15 is 0 Å². The highest BCUT2D eigenvalue weighted by Gasteiger charge is 2.19. The molecular formula is C19H19NO4. The van der Waals surface area contributed by atoms with Gasteiger partial charge in [-0.25, -0.2) is 0 Å². The number of benzene rings is 1. The van der Waals surface area contributed by atoms with Gasteiger partial charge in [-0.2, -0.15) is 0 Å². The zero-order valence-corrected chi connectivity index (χ0v) is 13.7. The molecule has 0 radical (unpaired) electrons. The molecular weight excluding hydrogens is 306 g/mol. The van der Waals surface area contributed by atoms with Crippen molar-refractivity contribution in [1.29, 1.82) is 0 Å². The fourth-order valence-corrected chi connectivity index (χ4v) is 2.65. The Morgan fingerprint density at radius 3 is 2.67 bits per heavy atom. The molecule has 0 amide bonds. The van der Waals surface area contributed by atoms with Gasteiger partial charge in [0.25, 0.3) is 0 Å². The van der Waals surface area contributed by atoms with Crippen LogP contribution in [0.5, 0.6) is 5.75 Å². The van der Waals surface area contributed by atoms with Gasteiger partial charge in [0.15, 0.2) is 11.6 Å². The van der Waals surface area contributed by atoms with Crippen LogP contribution < -0.4 is 10.1 Å². The van der Waals surface area contributed by atoms with Gasteiger partial charge in [0.2, 0.25) is 0 Å². The van der Waals surface area contributed by atoms with Crippen molar-refractivity contribution in [1.82, 2.24) is 5.32 Å². The molecule has 1 N–H and O–H groups in total. The third-order valence-electron chi connectivity index (χ3n) is 3.98. The first-order valence-electron chi connectivity index (χ1n) is 7.78. The first-order chi connectivity index (χ1) is 11.5. The predicted octanol–water partition coefficient (Wildman–Crippen LogP) is 2.86. The third-order valence-corrected chi connectivity index (χ3v) is 3.98. The molecule has 0 fully saturated rings. The van der Waals surface area contributed by atoms with E-state index in [-0.39, 0.29) is 30.9 Å². The lowest BCUT2D eigenvalue weighted by Gasteiger charge is -2.19. The van der Waals surface area contributed by atoms with Gasteiger partial charge in [-0.1, -0.05) is 24.3 Å². The van der Waals surface area contributed by atoms with Gasteiger partial charge in [0.1, 0.15) is 25.0 Å². The molecule has 0 spiro atoms. The van der Waals surface area contributed by atoms with Gasteiger partial charge in [0.05, 0.1) is 0 Å². The number of Topliss-reactive ketones (excluding diaryl/α,β-unsaturated/α-hetero) is 2. The summed E-state index contributed by atoms with van der Waals surface area (Å²) in [6.45, 7) is 3.59. The molecule has 5 nitrogen and oxygen atoms in total. The Morgan fingerprint density at radius 2 is 1.92 bits per heavy atom. The van der Waals surface area contributed by atoms with Crippen LogP contribution in [0.2, 0.25) is 0 Å². The molecule has 2 bridgehead atoms. The van der Waals surface area contributed by atoms with Crippen molar-refractivity contribution in [3.63, 3.8) is 0 Å². The Morgan fingerprint density at radius 1 is 1.12 bits per heavy atom. The smallest absolute Gasteiger partial charge is 0.159 e. The average molecular weight is 325 g/mol. The number of hydrogen-bond acceptors (Lipinski definition) is 5. The summed E-state index contributed by atoms with van der Waals surface area (Å²) in [5, 5.41) is 3.01. The van der Waals surface area contributed by atoms with Crippen molar-refractivity contribution < 1.29 is 19.1 Å². The fourth-order valence-electron chi connectivity index (χ4n) is 2.65. The number of fused-ring (bicyclic) bond motifs is 3. The molecule has 1 unspecified atom stereocenters. The molecule has 1 aromatic rings. The van der Waals surface area contributed by atoms with Crippen molar-refractivity contribution >= 4 is 11.6 Å². The molecule has 1 aliphatic carbocycles. The largest absolute Gasteiger partial charge is 0.479 e. The van der Waals surface area contributed by atoms with E-state index < -0.39 is 0 Å². The normalized spacial score (nSPS) is 19.7. The van der Waals surface area contributed by atoms with Crippen molar-refractivity contribution in [2.45, 2.75) is 19.8 Å². The first-order valence-corrected chi connectivity index (χ1v) is 7.78. The number of rotatable bonds is 2. The third kappa shape index (κ3) is 3.46. The molecule has 1 atom stereocenters. The molecule has 1 heterocycles. The van der Waals surface area contributed by atoms with Crippen molar-refractivity contribution in [3.8, 4) is 5.75 Å². The van der Waals surface area contributed by atoms with Crippen molar-refractivity contribution in [2.75, 3.05) is 13.5 Å². The molecule has 0 aromatic heterocycles. The van der Waals surface area contributed by atoms with Crippen molar-refractivity contribution in [2.24, 2.45) is 0 Å². The van der Waals surface area contributed by atoms with Gasteiger partial charge < -0.3 is 9.47 Å². The number of hydrogen-bond donors (Lipinski definition) is 1. The standard InChI is InChI=1S/C19H19NO4/c1-12(21)14-3-4-16-8-17(7-14)23-10-20-11-24-19-9-15(13(2)22)5-6-18(16)19/h3-9,16,20H,10-11H2,1-2H3. The van der Waals surface area contributed by atoms with Crippen molar-refractivity contribution in [3.05, 3.63) is 65.0 Å². The van der Waals surface area contributed by atoms with E-state index in [1.165, 1.54) is 13.8 Å². The summed E-state index contributed by atoms with van der Waals surface area (Å²) in [5.74, 6) is 1.14. The lowest BCUT2D eigenvalue weighted by molar-refractivity contribution is -0.113. The average Bonchev–Trinajstić information content (AvgIpc) is 2.76. The van der Waals surface area contributed by atoms with E-state index in [0.717, 1.165) is 5.56 Å². The summed E-state index contributed by atoms with van der Waals surface area (Å²) in [6, 6.07) is 5.43. The second kappa shape index (κ2) is 6.84. The van der Waals surface area contributed by atoms with Gasteiger partial charge in [-0.15, -0.1) is 0 Å². The Hall–Kier alpha value is -2.66. The van der Waals surface area contributed by atoms with Gasteiger partial charge in [0, 0.05) is 22.6 Å². The number of ether oxygens (including phenoxy) is 2. The maximum Gasteiger partial charge on any atom is 0.159 e. The van der Waals surface area contributed by atoms with Crippen LogP contribution in [0, 0.1) is 0 Å². The first kappa shape index (κ1) is 16.2. The van der Waals surface area contributed by atoms with E-state index in [2.05, 4.69) is 5.32 Å². The van der Waals surface area contributed by atoms with Gasteiger partial charge in [-0.3, -0.25) is 14.9 Å². The molecule has 124 valence electrons. The quantitative estimate of drug-likeness (QED) is 0.847. The number of nitrogens with one attached hydrogen (secondary N) is 1. The number of carbonyl (C=O) groups excluding carboxylic acids is 2. The zero-order chi connectivity index (χ0) is 17.1. The van der Waals surface area contributed by atoms with Crippen LogP contribution in [0.1, 0.15) is 35.7 Å². The summed E-state index contributed by atoms with van der Waals surface area (Å²) < 4.78 is 11.4. The van der Waals surface area contributed by atoms with E-state index in [1.54, 1.807) is 24.3 Å². The number of ketones is 2. The zero-order valence-electron chi connectivity index (χ0n) is 13.7. The number of allylic oxidation sites excluding steroid dienone is 5. The Kier molecular flexibility index (Phi) is 4.62. The lowest BCUT2D eigenvalue weighted by Crippen LogP contribution is -2.24. The fraction of sp³-hybridized carbons (Fsp3) is 0.263. The Labute approximate surface area is 140 Å². The highest BCUT2D eigenvalue weighted by atomic mass is 16.5. The van der Waals surface area contributed by atoms with E-state index in [0.29, 0.717) is 22.6 Å². The van der Waals surface area contributed by atoms with Gasteiger partial charge in [-0.05, 0) is 32.1 Å². The van der Waals surface area contributed by atoms with Crippen LogP contribution in [0.15, 0.2) is 53.8 Å². The van der Waals surface area contributed by atoms with E-state index in [1.807, 2.05) is 18.2 Å². The minimum Gasteiger partial charge on any atom is -0.479 e. The van der Waals surface area contributed by atoms with Crippen LogP contribution in [0.4, 0.5) is 0 Å². The number of carbonyl (C=O) groups is 2. The van der Waals surface area contributed by atoms with E-state index in [4.69, 9.17) is 9.47 Å². The topological polar surface area (TPSA) is 64.6 Å². The molecule has 5 heteroatoms.